The second kappa shape index (κ2) is 6.10. The molecular weight excluding hydrogens is 216 g/mol. The fourth-order valence-electron chi connectivity index (χ4n) is 1.53. The molecule has 1 rings (SSSR count). The van der Waals surface area contributed by atoms with Gasteiger partial charge in [-0.15, -0.1) is 0 Å². The van der Waals surface area contributed by atoms with Crippen LogP contribution in [0, 0.1) is 0 Å². The van der Waals surface area contributed by atoms with Crippen LogP contribution in [-0.4, -0.2) is 19.6 Å². The third-order valence-electron chi connectivity index (χ3n) is 2.32. The number of hydrogen-bond acceptors (Lipinski definition) is 3. The largest absolute Gasteiger partial charge is 0.496 e. The van der Waals surface area contributed by atoms with E-state index in [9.17, 15) is 0 Å². The number of rotatable bonds is 4. The summed E-state index contributed by atoms with van der Waals surface area (Å²) < 4.78 is 5.24. The van der Waals surface area contributed by atoms with Crippen molar-refractivity contribution in [2.75, 3.05) is 19.0 Å². The molecule has 1 aromatic rings. The standard InChI is InChI=1S/C12H20N4O/c1-4-15-12(14)16-9-5-6-11(17-3)10(7-9)8(2)13/h5-8H,4,13H2,1-3H3,(H3,14,15,16). The maximum Gasteiger partial charge on any atom is 0.193 e. The summed E-state index contributed by atoms with van der Waals surface area (Å²) >= 11 is 0. The summed E-state index contributed by atoms with van der Waals surface area (Å²) in [5, 5.41) is 3.01. The Morgan fingerprint density at radius 2 is 2.24 bits per heavy atom. The predicted molar refractivity (Wildman–Crippen MR) is 71.4 cm³/mol. The molecule has 1 unspecified atom stereocenters. The molecule has 0 saturated heterocycles. The number of anilines is 1. The second-order valence-electron chi connectivity index (χ2n) is 3.73. The molecule has 0 aromatic heterocycles. The first-order valence-corrected chi connectivity index (χ1v) is 5.59. The van der Waals surface area contributed by atoms with Gasteiger partial charge in [-0.2, -0.15) is 0 Å². The number of ether oxygens (including phenoxy) is 1. The highest BCUT2D eigenvalue weighted by atomic mass is 16.5. The SMILES string of the molecule is CCN=C(N)Nc1ccc(OC)c(C(C)N)c1. The molecule has 0 aliphatic heterocycles. The van der Waals surface area contributed by atoms with Crippen molar-refractivity contribution in [2.24, 2.45) is 16.5 Å². The Balaban J connectivity index is 2.96. The topological polar surface area (TPSA) is 85.7 Å². The Morgan fingerprint density at radius 3 is 2.76 bits per heavy atom. The van der Waals surface area contributed by atoms with Crippen LogP contribution >= 0.6 is 0 Å². The van der Waals surface area contributed by atoms with Crippen LogP contribution in [-0.2, 0) is 0 Å². The molecule has 0 fully saturated rings. The van der Waals surface area contributed by atoms with Crippen molar-refractivity contribution in [3.05, 3.63) is 23.8 Å². The number of hydrogen-bond donors (Lipinski definition) is 3. The highest BCUT2D eigenvalue weighted by Crippen LogP contribution is 2.26. The van der Waals surface area contributed by atoms with E-state index in [1.54, 1.807) is 7.11 Å². The molecule has 0 amide bonds. The quantitative estimate of drug-likeness (QED) is 0.545. The van der Waals surface area contributed by atoms with Crippen LogP contribution in [0.2, 0.25) is 0 Å². The summed E-state index contributed by atoms with van der Waals surface area (Å²) in [4.78, 5) is 4.06. The number of methoxy groups -OCH3 is 1. The lowest BCUT2D eigenvalue weighted by molar-refractivity contribution is 0.407. The lowest BCUT2D eigenvalue weighted by Crippen LogP contribution is -2.22. The third-order valence-corrected chi connectivity index (χ3v) is 2.32. The number of aliphatic imine (C=N–C) groups is 1. The lowest BCUT2D eigenvalue weighted by atomic mass is 10.1. The number of benzene rings is 1. The van der Waals surface area contributed by atoms with Crippen molar-refractivity contribution in [1.29, 1.82) is 0 Å². The minimum Gasteiger partial charge on any atom is -0.496 e. The second-order valence-corrected chi connectivity index (χ2v) is 3.73. The van der Waals surface area contributed by atoms with Gasteiger partial charge in [0.2, 0.25) is 0 Å². The zero-order valence-corrected chi connectivity index (χ0v) is 10.5. The van der Waals surface area contributed by atoms with Gasteiger partial charge in [-0.3, -0.25) is 4.99 Å². The molecule has 0 saturated carbocycles. The van der Waals surface area contributed by atoms with Crippen molar-refractivity contribution >= 4 is 11.6 Å². The van der Waals surface area contributed by atoms with Gasteiger partial charge < -0.3 is 21.5 Å². The van der Waals surface area contributed by atoms with Crippen LogP contribution in [0.25, 0.3) is 0 Å². The number of nitrogens with two attached hydrogens (primary N) is 2. The van der Waals surface area contributed by atoms with Crippen LogP contribution in [0.1, 0.15) is 25.5 Å². The van der Waals surface area contributed by atoms with Crippen molar-refractivity contribution in [1.82, 2.24) is 0 Å². The van der Waals surface area contributed by atoms with Crippen molar-refractivity contribution in [3.63, 3.8) is 0 Å². The minimum atomic E-state index is -0.101. The van der Waals surface area contributed by atoms with Gasteiger partial charge in [0.1, 0.15) is 5.75 Å². The van der Waals surface area contributed by atoms with Gasteiger partial charge in [-0.05, 0) is 32.0 Å². The Hall–Kier alpha value is -1.75. The van der Waals surface area contributed by atoms with E-state index >= 15 is 0 Å². The molecule has 0 radical (unpaired) electrons. The summed E-state index contributed by atoms with van der Waals surface area (Å²) in [5.41, 5.74) is 13.4. The van der Waals surface area contributed by atoms with Gasteiger partial charge in [0.05, 0.1) is 7.11 Å². The van der Waals surface area contributed by atoms with E-state index in [0.717, 1.165) is 17.0 Å². The van der Waals surface area contributed by atoms with Gasteiger partial charge in [-0.1, -0.05) is 0 Å². The number of guanidine groups is 1. The molecule has 5 heteroatoms. The molecule has 1 atom stereocenters. The Kier molecular flexibility index (Phi) is 4.78. The monoisotopic (exact) mass is 236 g/mol. The maximum atomic E-state index is 5.88. The molecule has 1 aromatic carbocycles. The molecule has 0 bridgehead atoms. The highest BCUT2D eigenvalue weighted by Gasteiger charge is 2.08. The number of nitrogens with zero attached hydrogens (tertiary/aromatic N) is 1. The van der Waals surface area contributed by atoms with Crippen LogP contribution in [0.3, 0.4) is 0 Å². The fraction of sp³-hybridized carbons (Fsp3) is 0.417. The predicted octanol–water partition coefficient (Wildman–Crippen LogP) is 1.46. The van der Waals surface area contributed by atoms with Gasteiger partial charge in [0.15, 0.2) is 5.96 Å². The van der Waals surface area contributed by atoms with Crippen molar-refractivity contribution in [2.45, 2.75) is 19.9 Å². The van der Waals surface area contributed by atoms with Crippen LogP contribution in [0.4, 0.5) is 5.69 Å². The molecule has 5 nitrogen and oxygen atoms in total. The van der Waals surface area contributed by atoms with E-state index in [2.05, 4.69) is 10.3 Å². The number of nitrogens with one attached hydrogen (secondary N) is 1. The summed E-state index contributed by atoms with van der Waals surface area (Å²) in [6.07, 6.45) is 0. The Labute approximate surface area is 102 Å². The van der Waals surface area contributed by atoms with Crippen LogP contribution in [0.5, 0.6) is 5.75 Å². The molecule has 0 spiro atoms. The zero-order chi connectivity index (χ0) is 12.8. The Morgan fingerprint density at radius 1 is 1.53 bits per heavy atom. The van der Waals surface area contributed by atoms with E-state index in [0.29, 0.717) is 12.5 Å². The smallest absolute Gasteiger partial charge is 0.193 e. The molecule has 0 aliphatic carbocycles. The van der Waals surface area contributed by atoms with Crippen molar-refractivity contribution in [3.8, 4) is 5.75 Å². The molecule has 0 heterocycles. The lowest BCUT2D eigenvalue weighted by Gasteiger charge is -2.14. The molecule has 5 N–H and O–H groups in total. The average molecular weight is 236 g/mol. The van der Waals surface area contributed by atoms with E-state index in [4.69, 9.17) is 16.2 Å². The average Bonchev–Trinajstić information content (AvgIpc) is 2.29. The first-order valence-electron chi connectivity index (χ1n) is 5.59. The van der Waals surface area contributed by atoms with Gasteiger partial charge in [-0.25, -0.2) is 0 Å². The first kappa shape index (κ1) is 13.3. The zero-order valence-electron chi connectivity index (χ0n) is 10.5. The van der Waals surface area contributed by atoms with E-state index < -0.39 is 0 Å². The van der Waals surface area contributed by atoms with Gasteiger partial charge in [0, 0.05) is 23.8 Å². The summed E-state index contributed by atoms with van der Waals surface area (Å²) in [7, 11) is 1.63. The van der Waals surface area contributed by atoms with Gasteiger partial charge >= 0.3 is 0 Å². The fourth-order valence-corrected chi connectivity index (χ4v) is 1.53. The van der Waals surface area contributed by atoms with Crippen LogP contribution in [0.15, 0.2) is 23.2 Å². The molecule has 17 heavy (non-hydrogen) atoms. The third kappa shape index (κ3) is 3.64. The minimum absolute atomic E-state index is 0.101. The summed E-state index contributed by atoms with van der Waals surface area (Å²) in [6.45, 7) is 4.48. The molecule has 94 valence electrons. The molecular formula is C12H20N4O. The van der Waals surface area contributed by atoms with Crippen LogP contribution < -0.4 is 21.5 Å². The van der Waals surface area contributed by atoms with Crippen molar-refractivity contribution < 1.29 is 4.74 Å². The Bertz CT molecular complexity index is 401. The summed E-state index contributed by atoms with van der Waals surface area (Å²) in [5.74, 6) is 1.17. The normalized spacial score (nSPS) is 13.3. The highest BCUT2D eigenvalue weighted by molar-refractivity contribution is 5.92. The maximum absolute atomic E-state index is 5.88. The van der Waals surface area contributed by atoms with E-state index in [1.165, 1.54) is 0 Å². The van der Waals surface area contributed by atoms with E-state index in [-0.39, 0.29) is 6.04 Å². The summed E-state index contributed by atoms with van der Waals surface area (Å²) in [6, 6.07) is 5.56. The van der Waals surface area contributed by atoms with Gasteiger partial charge in [0.25, 0.3) is 0 Å². The molecule has 0 aliphatic rings. The van der Waals surface area contributed by atoms with E-state index in [1.807, 2.05) is 32.0 Å². The first-order chi connectivity index (χ1) is 8.08.